The smallest absolute Gasteiger partial charge is 0.235 e. The number of benzene rings is 2. The van der Waals surface area contributed by atoms with E-state index in [1.807, 2.05) is 18.2 Å². The third kappa shape index (κ3) is 4.55. The monoisotopic (exact) mass is 452 g/mol. The molecular formula is C25H28N2O6. The summed E-state index contributed by atoms with van der Waals surface area (Å²) in [6.45, 7) is 8.23. The largest absolute Gasteiger partial charge is 0.497 e. The van der Waals surface area contributed by atoms with Crippen LogP contribution < -0.4 is 19.6 Å². The van der Waals surface area contributed by atoms with E-state index in [0.717, 1.165) is 50.7 Å². The molecule has 0 atom stereocenters. The maximum absolute atomic E-state index is 13.3. The number of nitrogens with zero attached hydrogens (tertiary/aromatic N) is 2. The molecule has 5 rings (SSSR count). The molecule has 1 fully saturated rings. The molecule has 3 heterocycles. The van der Waals surface area contributed by atoms with Crippen molar-refractivity contribution in [3.05, 3.63) is 57.9 Å². The molecule has 3 aromatic rings. The molecule has 0 spiro atoms. The van der Waals surface area contributed by atoms with Crippen LogP contribution in [0.4, 0.5) is 0 Å². The van der Waals surface area contributed by atoms with Crippen molar-refractivity contribution in [1.29, 1.82) is 0 Å². The van der Waals surface area contributed by atoms with Gasteiger partial charge in [0.2, 0.25) is 11.2 Å². The fourth-order valence-corrected chi connectivity index (χ4v) is 4.25. The van der Waals surface area contributed by atoms with Crippen molar-refractivity contribution in [2.45, 2.75) is 13.5 Å². The number of hydrogen-bond acceptors (Lipinski definition) is 8. The van der Waals surface area contributed by atoms with Crippen LogP contribution in [-0.4, -0.2) is 63.0 Å². The van der Waals surface area contributed by atoms with Gasteiger partial charge < -0.3 is 23.4 Å². The van der Waals surface area contributed by atoms with E-state index in [-0.39, 0.29) is 11.2 Å². The minimum atomic E-state index is -0.204. The third-order valence-corrected chi connectivity index (χ3v) is 6.12. The highest BCUT2D eigenvalue weighted by atomic mass is 16.5. The second kappa shape index (κ2) is 9.43. The molecule has 0 unspecified atom stereocenters. The number of rotatable bonds is 6. The first kappa shape index (κ1) is 21.8. The zero-order valence-corrected chi connectivity index (χ0v) is 19.0. The minimum absolute atomic E-state index is 0.177. The average Bonchev–Trinajstić information content (AvgIpc) is 2.86. The fraction of sp³-hybridized carbons (Fsp3) is 0.400. The van der Waals surface area contributed by atoms with Crippen LogP contribution in [-0.2, 0) is 11.3 Å². The van der Waals surface area contributed by atoms with Gasteiger partial charge in [0.25, 0.3) is 0 Å². The van der Waals surface area contributed by atoms with E-state index < -0.39 is 0 Å². The SMILES string of the molecule is COc1cccc(Oc2c(C)oc3c4c(ccc3c2=O)OCN(CCN2CCOCC2)C4)c1. The van der Waals surface area contributed by atoms with Gasteiger partial charge in [-0.1, -0.05) is 6.07 Å². The Morgan fingerprint density at radius 3 is 2.64 bits per heavy atom. The summed E-state index contributed by atoms with van der Waals surface area (Å²) in [4.78, 5) is 17.9. The Morgan fingerprint density at radius 2 is 1.82 bits per heavy atom. The van der Waals surface area contributed by atoms with Crippen molar-refractivity contribution in [2.75, 3.05) is 53.2 Å². The number of ether oxygens (including phenoxy) is 4. The Hall–Kier alpha value is -3.07. The Kier molecular flexibility index (Phi) is 6.22. The first-order chi connectivity index (χ1) is 16.1. The lowest BCUT2D eigenvalue weighted by Gasteiger charge is -2.32. The summed E-state index contributed by atoms with van der Waals surface area (Å²) in [6, 6.07) is 10.7. The lowest BCUT2D eigenvalue weighted by Crippen LogP contribution is -2.43. The minimum Gasteiger partial charge on any atom is -0.497 e. The van der Waals surface area contributed by atoms with Crippen LogP contribution in [0.1, 0.15) is 11.3 Å². The lowest BCUT2D eigenvalue weighted by atomic mass is 10.1. The van der Waals surface area contributed by atoms with Gasteiger partial charge in [-0.25, -0.2) is 0 Å². The highest BCUT2D eigenvalue weighted by Crippen LogP contribution is 2.34. The van der Waals surface area contributed by atoms with Gasteiger partial charge in [0.05, 0.1) is 31.3 Å². The van der Waals surface area contributed by atoms with Crippen molar-refractivity contribution < 1.29 is 23.4 Å². The number of hydrogen-bond donors (Lipinski definition) is 0. The maximum Gasteiger partial charge on any atom is 0.235 e. The van der Waals surface area contributed by atoms with Crippen LogP contribution in [0.2, 0.25) is 0 Å². The van der Waals surface area contributed by atoms with Gasteiger partial charge in [-0.2, -0.15) is 0 Å². The summed E-state index contributed by atoms with van der Waals surface area (Å²) in [5.41, 5.74) is 1.25. The van der Waals surface area contributed by atoms with Crippen LogP contribution in [0.5, 0.6) is 23.0 Å². The van der Waals surface area contributed by atoms with Crippen molar-refractivity contribution >= 4 is 11.0 Å². The third-order valence-electron chi connectivity index (χ3n) is 6.12. The number of aryl methyl sites for hydroxylation is 1. The van der Waals surface area contributed by atoms with Crippen LogP contribution >= 0.6 is 0 Å². The Bertz CT molecular complexity index is 1200. The number of morpholine rings is 1. The maximum atomic E-state index is 13.3. The molecule has 2 aliphatic rings. The predicted octanol–water partition coefficient (Wildman–Crippen LogP) is 3.39. The molecule has 33 heavy (non-hydrogen) atoms. The second-order valence-electron chi connectivity index (χ2n) is 8.30. The van der Waals surface area contributed by atoms with E-state index in [0.29, 0.717) is 41.5 Å². The van der Waals surface area contributed by atoms with E-state index in [1.54, 1.807) is 32.2 Å². The van der Waals surface area contributed by atoms with E-state index in [1.165, 1.54) is 0 Å². The molecule has 2 aliphatic heterocycles. The van der Waals surface area contributed by atoms with Crippen LogP contribution in [0.15, 0.2) is 45.6 Å². The fourth-order valence-electron chi connectivity index (χ4n) is 4.25. The number of methoxy groups -OCH3 is 1. The Labute approximate surface area is 192 Å². The molecular weight excluding hydrogens is 424 g/mol. The average molecular weight is 453 g/mol. The first-order valence-electron chi connectivity index (χ1n) is 11.2. The normalized spacial score (nSPS) is 16.9. The molecule has 2 aromatic carbocycles. The Balaban J connectivity index is 1.41. The van der Waals surface area contributed by atoms with E-state index in [9.17, 15) is 4.79 Å². The van der Waals surface area contributed by atoms with Gasteiger partial charge in [-0.3, -0.25) is 14.6 Å². The summed E-state index contributed by atoms with van der Waals surface area (Å²) in [5, 5.41) is 0.482. The highest BCUT2D eigenvalue weighted by Gasteiger charge is 2.24. The molecule has 0 aliphatic carbocycles. The van der Waals surface area contributed by atoms with Crippen molar-refractivity contribution in [3.8, 4) is 23.0 Å². The summed E-state index contributed by atoms with van der Waals surface area (Å²) < 4.78 is 28.7. The van der Waals surface area contributed by atoms with E-state index in [4.69, 9.17) is 23.4 Å². The molecule has 0 amide bonds. The first-order valence-corrected chi connectivity index (χ1v) is 11.2. The summed E-state index contributed by atoms with van der Waals surface area (Å²) in [5.74, 6) is 2.53. The molecule has 0 saturated carbocycles. The van der Waals surface area contributed by atoms with Crippen molar-refractivity contribution in [2.24, 2.45) is 0 Å². The standard InChI is InChI=1S/C25H28N2O6/c1-17-24(33-19-5-3-4-18(14-19)29-2)23(28)20-6-7-22-21(25(20)32-17)15-27(16-31-22)9-8-26-10-12-30-13-11-26/h3-7,14H,8-13,15-16H2,1-2H3. The quantitative estimate of drug-likeness (QED) is 0.564. The van der Waals surface area contributed by atoms with Crippen molar-refractivity contribution in [1.82, 2.24) is 9.80 Å². The second-order valence-corrected chi connectivity index (χ2v) is 8.30. The molecule has 1 saturated heterocycles. The lowest BCUT2D eigenvalue weighted by molar-refractivity contribution is 0.0241. The zero-order valence-electron chi connectivity index (χ0n) is 19.0. The zero-order chi connectivity index (χ0) is 22.8. The summed E-state index contributed by atoms with van der Waals surface area (Å²) in [6.07, 6.45) is 0. The van der Waals surface area contributed by atoms with Crippen LogP contribution in [0, 0.1) is 6.92 Å². The van der Waals surface area contributed by atoms with Gasteiger partial charge in [0, 0.05) is 38.8 Å². The van der Waals surface area contributed by atoms with E-state index in [2.05, 4.69) is 9.80 Å². The van der Waals surface area contributed by atoms with Crippen molar-refractivity contribution in [3.63, 3.8) is 0 Å². The van der Waals surface area contributed by atoms with Gasteiger partial charge >= 0.3 is 0 Å². The summed E-state index contributed by atoms with van der Waals surface area (Å²) >= 11 is 0. The topological polar surface area (TPSA) is 73.6 Å². The van der Waals surface area contributed by atoms with Gasteiger partial charge in [-0.05, 0) is 31.2 Å². The van der Waals surface area contributed by atoms with Gasteiger partial charge in [0.15, 0.2) is 0 Å². The van der Waals surface area contributed by atoms with Gasteiger partial charge in [-0.15, -0.1) is 0 Å². The molecule has 1 aromatic heterocycles. The molecule has 0 radical (unpaired) electrons. The predicted molar refractivity (Wildman–Crippen MR) is 123 cm³/mol. The van der Waals surface area contributed by atoms with E-state index >= 15 is 0 Å². The molecule has 174 valence electrons. The van der Waals surface area contributed by atoms with Crippen LogP contribution in [0.3, 0.4) is 0 Å². The molecule has 0 bridgehead atoms. The van der Waals surface area contributed by atoms with Crippen LogP contribution in [0.25, 0.3) is 11.0 Å². The highest BCUT2D eigenvalue weighted by molar-refractivity contribution is 5.83. The van der Waals surface area contributed by atoms with Gasteiger partial charge in [0.1, 0.15) is 35.3 Å². The molecule has 8 nitrogen and oxygen atoms in total. The molecule has 8 heteroatoms. The Morgan fingerprint density at radius 1 is 1.03 bits per heavy atom. The number of fused-ring (bicyclic) bond motifs is 3. The molecule has 0 N–H and O–H groups in total. The summed E-state index contributed by atoms with van der Waals surface area (Å²) in [7, 11) is 1.59.